The lowest BCUT2D eigenvalue weighted by Crippen LogP contribution is -2.37. The van der Waals surface area contributed by atoms with Crippen LogP contribution in [0.2, 0.25) is 0 Å². The average Bonchev–Trinajstić information content (AvgIpc) is 2.82. The smallest absolute Gasteiger partial charge is 0.207 e. The topological polar surface area (TPSA) is 37.4 Å². The number of rotatable bonds is 3. The fourth-order valence-corrected chi connectivity index (χ4v) is 5.16. The molecular weight excluding hydrogens is 282 g/mol. The van der Waals surface area contributed by atoms with Gasteiger partial charge in [0.1, 0.15) is 0 Å². The Balaban J connectivity index is 1.86. The van der Waals surface area contributed by atoms with Crippen molar-refractivity contribution in [2.24, 2.45) is 17.8 Å². The maximum Gasteiger partial charge on any atom is 0.243 e. The minimum atomic E-state index is -3.37. The molecule has 1 saturated carbocycles. The molecular formula is C17H21NO2S. The number of sulfonamides is 1. The second-order valence-corrected chi connectivity index (χ2v) is 7.89. The molecule has 1 heterocycles. The fourth-order valence-electron chi connectivity index (χ4n) is 3.66. The largest absolute Gasteiger partial charge is 0.243 e. The summed E-state index contributed by atoms with van der Waals surface area (Å²) in [4.78, 5) is 0.395. The van der Waals surface area contributed by atoms with E-state index in [1.54, 1.807) is 16.4 Å². The molecule has 0 bridgehead atoms. The third-order valence-corrected chi connectivity index (χ3v) is 6.70. The number of hydrogen-bond acceptors (Lipinski definition) is 2. The van der Waals surface area contributed by atoms with Crippen molar-refractivity contribution in [1.82, 2.24) is 4.31 Å². The average molecular weight is 303 g/mol. The highest BCUT2D eigenvalue weighted by Crippen LogP contribution is 2.51. The Bertz CT molecular complexity index is 688. The van der Waals surface area contributed by atoms with Gasteiger partial charge in [-0.25, -0.2) is 8.42 Å². The van der Waals surface area contributed by atoms with Crippen LogP contribution < -0.4 is 0 Å². The molecule has 1 saturated heterocycles. The Morgan fingerprint density at radius 2 is 1.90 bits per heavy atom. The second-order valence-electron chi connectivity index (χ2n) is 5.96. The van der Waals surface area contributed by atoms with E-state index in [1.165, 1.54) is 5.57 Å². The zero-order valence-electron chi connectivity index (χ0n) is 12.5. The molecule has 0 aromatic heterocycles. The van der Waals surface area contributed by atoms with E-state index >= 15 is 0 Å². The molecule has 1 aromatic carbocycles. The van der Waals surface area contributed by atoms with Crippen molar-refractivity contribution in [3.05, 3.63) is 54.1 Å². The highest BCUT2D eigenvalue weighted by Gasteiger charge is 2.51. The number of nitrogens with zero attached hydrogens (tertiary/aromatic N) is 1. The van der Waals surface area contributed by atoms with Gasteiger partial charge in [-0.3, -0.25) is 0 Å². The van der Waals surface area contributed by atoms with Gasteiger partial charge in [0.2, 0.25) is 10.0 Å². The van der Waals surface area contributed by atoms with Gasteiger partial charge in [0.25, 0.3) is 0 Å². The van der Waals surface area contributed by atoms with Gasteiger partial charge in [-0.15, -0.1) is 6.58 Å². The predicted octanol–water partition coefficient (Wildman–Crippen LogP) is 2.99. The molecule has 1 aliphatic heterocycles. The SMILES string of the molecule is C=C[C@H]1/C(=C\C)[C@@H]2CN(S(=O)(=O)c3ccc(C)cc3)C[C@H]12. The van der Waals surface area contributed by atoms with E-state index in [2.05, 4.69) is 12.7 Å². The van der Waals surface area contributed by atoms with Gasteiger partial charge in [0.05, 0.1) is 4.90 Å². The zero-order chi connectivity index (χ0) is 15.2. The molecule has 0 spiro atoms. The normalized spacial score (nSPS) is 31.0. The molecule has 4 heteroatoms. The molecule has 21 heavy (non-hydrogen) atoms. The molecule has 112 valence electrons. The third-order valence-electron chi connectivity index (χ3n) is 4.85. The van der Waals surface area contributed by atoms with Crippen LogP contribution in [-0.2, 0) is 10.0 Å². The summed E-state index contributed by atoms with van der Waals surface area (Å²) in [7, 11) is -3.37. The van der Waals surface area contributed by atoms with E-state index in [1.807, 2.05) is 32.1 Å². The molecule has 1 aliphatic carbocycles. The number of hydrogen-bond donors (Lipinski definition) is 0. The number of aryl methyl sites for hydroxylation is 1. The van der Waals surface area contributed by atoms with Crippen LogP contribution in [-0.4, -0.2) is 25.8 Å². The fraction of sp³-hybridized carbons (Fsp3) is 0.412. The lowest BCUT2D eigenvalue weighted by atomic mass is 9.62. The highest BCUT2D eigenvalue weighted by atomic mass is 32.2. The summed E-state index contributed by atoms with van der Waals surface area (Å²) in [6.07, 6.45) is 4.08. The first-order valence-corrected chi connectivity index (χ1v) is 8.78. The summed E-state index contributed by atoms with van der Waals surface area (Å²) in [5.41, 5.74) is 2.41. The Kier molecular flexibility index (Phi) is 3.54. The van der Waals surface area contributed by atoms with E-state index in [0.29, 0.717) is 35.7 Å². The summed E-state index contributed by atoms with van der Waals surface area (Å²) >= 11 is 0. The van der Waals surface area contributed by atoms with Crippen molar-refractivity contribution in [2.75, 3.05) is 13.1 Å². The molecule has 0 amide bonds. The van der Waals surface area contributed by atoms with Gasteiger partial charge in [0.15, 0.2) is 0 Å². The molecule has 0 N–H and O–H groups in total. The van der Waals surface area contributed by atoms with E-state index < -0.39 is 10.0 Å². The molecule has 2 aliphatic rings. The van der Waals surface area contributed by atoms with Crippen LogP contribution in [0.3, 0.4) is 0 Å². The zero-order valence-corrected chi connectivity index (χ0v) is 13.3. The lowest BCUT2D eigenvalue weighted by Gasteiger charge is -2.41. The van der Waals surface area contributed by atoms with Gasteiger partial charge in [-0.2, -0.15) is 4.31 Å². The summed E-state index contributed by atoms with van der Waals surface area (Å²) in [6.45, 7) is 9.08. The van der Waals surface area contributed by atoms with Gasteiger partial charge in [-0.05, 0) is 37.8 Å². The highest BCUT2D eigenvalue weighted by molar-refractivity contribution is 7.89. The first kappa shape index (κ1) is 14.5. The summed E-state index contributed by atoms with van der Waals surface area (Å²) < 4.78 is 27.1. The molecule has 3 rings (SSSR count). The Hall–Kier alpha value is -1.39. The maximum atomic E-state index is 12.7. The van der Waals surface area contributed by atoms with Crippen molar-refractivity contribution < 1.29 is 8.42 Å². The van der Waals surface area contributed by atoms with Gasteiger partial charge < -0.3 is 0 Å². The Morgan fingerprint density at radius 1 is 1.24 bits per heavy atom. The summed E-state index contributed by atoms with van der Waals surface area (Å²) in [6, 6.07) is 7.10. The maximum absolute atomic E-state index is 12.7. The van der Waals surface area contributed by atoms with Crippen LogP contribution in [0.25, 0.3) is 0 Å². The molecule has 2 fully saturated rings. The first-order chi connectivity index (χ1) is 9.98. The van der Waals surface area contributed by atoms with Crippen molar-refractivity contribution in [3.63, 3.8) is 0 Å². The monoisotopic (exact) mass is 303 g/mol. The number of allylic oxidation sites excluding steroid dienone is 2. The van der Waals surface area contributed by atoms with Crippen LogP contribution in [0.15, 0.2) is 53.5 Å². The predicted molar refractivity (Wildman–Crippen MR) is 84.4 cm³/mol. The first-order valence-electron chi connectivity index (χ1n) is 7.34. The van der Waals surface area contributed by atoms with Crippen LogP contribution in [0.5, 0.6) is 0 Å². The molecule has 3 atom stereocenters. The molecule has 3 nitrogen and oxygen atoms in total. The molecule has 0 radical (unpaired) electrons. The van der Waals surface area contributed by atoms with Gasteiger partial charge in [-0.1, -0.05) is 35.4 Å². The van der Waals surface area contributed by atoms with Gasteiger partial charge in [0, 0.05) is 19.0 Å². The molecule has 1 aromatic rings. The van der Waals surface area contributed by atoms with E-state index in [0.717, 1.165) is 5.56 Å². The van der Waals surface area contributed by atoms with Crippen LogP contribution in [0.1, 0.15) is 12.5 Å². The van der Waals surface area contributed by atoms with Crippen molar-refractivity contribution in [3.8, 4) is 0 Å². The standard InChI is InChI=1S/C17H21NO2S/c1-4-14-15(5-2)17-11-18(10-16(14)17)21(19,20)13-8-6-12(3)7-9-13/h4-9,14,16-17H,1,10-11H2,2-3H3/b15-5+/t14-,16+,17-/m0/s1. The minimum absolute atomic E-state index is 0.346. The minimum Gasteiger partial charge on any atom is -0.207 e. The summed E-state index contributed by atoms with van der Waals surface area (Å²) in [5.74, 6) is 1.12. The summed E-state index contributed by atoms with van der Waals surface area (Å²) in [5, 5.41) is 0. The Labute approximate surface area is 127 Å². The van der Waals surface area contributed by atoms with Gasteiger partial charge >= 0.3 is 0 Å². The Morgan fingerprint density at radius 3 is 2.48 bits per heavy atom. The van der Waals surface area contributed by atoms with Crippen molar-refractivity contribution in [2.45, 2.75) is 18.7 Å². The number of fused-ring (bicyclic) bond motifs is 1. The van der Waals surface area contributed by atoms with Crippen LogP contribution in [0, 0.1) is 24.7 Å². The van der Waals surface area contributed by atoms with E-state index in [4.69, 9.17) is 0 Å². The third kappa shape index (κ3) is 2.17. The lowest BCUT2D eigenvalue weighted by molar-refractivity contribution is 0.275. The number of benzene rings is 1. The second kappa shape index (κ2) is 5.11. The van der Waals surface area contributed by atoms with Crippen LogP contribution >= 0.6 is 0 Å². The quantitative estimate of drug-likeness (QED) is 0.805. The van der Waals surface area contributed by atoms with Crippen LogP contribution in [0.4, 0.5) is 0 Å². The van der Waals surface area contributed by atoms with Crippen molar-refractivity contribution in [1.29, 1.82) is 0 Å². The van der Waals surface area contributed by atoms with E-state index in [9.17, 15) is 8.42 Å². The van der Waals surface area contributed by atoms with Crippen molar-refractivity contribution >= 4 is 10.0 Å². The van der Waals surface area contributed by atoms with E-state index in [-0.39, 0.29) is 0 Å². The molecule has 0 unspecified atom stereocenters.